The Labute approximate surface area is 257 Å². The number of nitrogens with one attached hydrogen (secondary N) is 2. The van der Waals surface area contributed by atoms with Gasteiger partial charge in [-0.25, -0.2) is 0 Å². The Hall–Kier alpha value is -4.08. The molecule has 2 heterocycles. The maximum absolute atomic E-state index is 13.6. The van der Waals surface area contributed by atoms with Gasteiger partial charge in [0.15, 0.2) is 11.2 Å². The Morgan fingerprint density at radius 3 is 1.27 bits per heavy atom. The molecule has 2 aliphatic carbocycles. The largest absolute Gasteiger partial charge is 0.495 e. The second kappa shape index (κ2) is 9.22. The molecule has 2 saturated heterocycles. The molecule has 6 rings (SSSR count). The molecule has 44 heavy (non-hydrogen) atoms. The number of methoxy groups -OCH3 is 2. The van der Waals surface area contributed by atoms with Crippen LogP contribution in [0.1, 0.15) is 67.2 Å². The van der Waals surface area contributed by atoms with E-state index in [1.165, 1.54) is 14.2 Å². The molecule has 0 spiro atoms. The summed E-state index contributed by atoms with van der Waals surface area (Å²) in [6.07, 6.45) is 2.09. The first kappa shape index (κ1) is 30.0. The third-order valence-electron chi connectivity index (χ3n) is 12.1. The Balaban J connectivity index is 1.24. The predicted molar refractivity (Wildman–Crippen MR) is 162 cm³/mol. The molecule has 234 valence electrons. The fraction of sp³-hybridized carbons (Fsp3) is 0.529. The molecule has 4 aliphatic rings. The number of amides is 2. The van der Waals surface area contributed by atoms with Crippen molar-refractivity contribution in [3.8, 4) is 22.6 Å². The van der Waals surface area contributed by atoms with Crippen LogP contribution in [0.15, 0.2) is 36.4 Å². The predicted octanol–water partition coefficient (Wildman–Crippen LogP) is 5.49. The second-order valence-electron chi connectivity index (χ2n) is 14.1. The number of esters is 2. The van der Waals surface area contributed by atoms with E-state index in [1.807, 2.05) is 53.7 Å². The molecule has 0 unspecified atom stereocenters. The maximum atomic E-state index is 13.6. The van der Waals surface area contributed by atoms with Crippen LogP contribution in [0.25, 0.3) is 11.1 Å². The number of benzene rings is 2. The van der Waals surface area contributed by atoms with Gasteiger partial charge >= 0.3 is 11.9 Å². The molecule has 2 aromatic carbocycles. The monoisotopic (exact) mass is 604 g/mol. The van der Waals surface area contributed by atoms with Crippen LogP contribution in [0.5, 0.6) is 11.5 Å². The number of carbonyl (C=O) groups excluding carboxylic acids is 4. The molecule has 2 aromatic rings. The van der Waals surface area contributed by atoms with Crippen molar-refractivity contribution in [1.29, 1.82) is 0 Å². The van der Waals surface area contributed by atoms with Gasteiger partial charge in [-0.3, -0.25) is 19.2 Å². The zero-order valence-corrected chi connectivity index (χ0v) is 26.6. The third kappa shape index (κ3) is 3.48. The number of carbonyl (C=O) groups is 4. The zero-order chi connectivity index (χ0) is 32.1. The highest BCUT2D eigenvalue weighted by atomic mass is 16.6. The Bertz CT molecular complexity index is 1510. The van der Waals surface area contributed by atoms with Gasteiger partial charge in [0.25, 0.3) is 11.8 Å². The topological polar surface area (TPSA) is 129 Å². The van der Waals surface area contributed by atoms with Gasteiger partial charge < -0.3 is 29.6 Å². The lowest BCUT2D eigenvalue weighted by molar-refractivity contribution is -0.166. The molecule has 0 aromatic heterocycles. The van der Waals surface area contributed by atoms with Crippen molar-refractivity contribution in [3.05, 3.63) is 36.4 Å². The van der Waals surface area contributed by atoms with Crippen molar-refractivity contribution in [1.82, 2.24) is 0 Å². The lowest BCUT2D eigenvalue weighted by atomic mass is 9.66. The summed E-state index contributed by atoms with van der Waals surface area (Å²) in [5.41, 5.74) is -2.79. The standard InChI is InChI=1S/C34H40N2O8/c1-29(2)31(5)13-15-33(29,43-27(31)39)25(37)35-21-11-9-19(17-23(21)41-7)20-10-12-22(24(18-20)42-8)36-26(38)34-16-14-32(6,28(40)44-34)30(34,3)4/h9-12,17-18H,13-16H2,1-8H3,(H,35,37)(H,36,38)/t31-,32+,33+,34-. The van der Waals surface area contributed by atoms with Gasteiger partial charge in [-0.2, -0.15) is 0 Å². The van der Waals surface area contributed by atoms with Crippen molar-refractivity contribution in [2.45, 2.75) is 78.4 Å². The summed E-state index contributed by atoms with van der Waals surface area (Å²) in [4.78, 5) is 52.6. The minimum absolute atomic E-state index is 0.339. The molecule has 2 amide bonds. The SMILES string of the molecule is COc1cc(-c2ccc(NC(=O)[C@@]34CC[C@@](C)(C(=O)O3)C4(C)C)c(OC)c2)ccc1NC(=O)[C@]12CC[C@](C)(C(=O)O1)C2(C)C. The molecule has 4 fully saturated rings. The third-order valence-corrected chi connectivity index (χ3v) is 12.1. The number of anilines is 2. The normalized spacial score (nSPS) is 32.2. The van der Waals surface area contributed by atoms with Gasteiger partial charge in [0, 0.05) is 10.8 Å². The van der Waals surface area contributed by atoms with Crippen LogP contribution >= 0.6 is 0 Å². The summed E-state index contributed by atoms with van der Waals surface area (Å²) in [6, 6.07) is 10.8. The van der Waals surface area contributed by atoms with E-state index in [9.17, 15) is 19.2 Å². The van der Waals surface area contributed by atoms with E-state index in [2.05, 4.69) is 10.6 Å². The highest BCUT2D eigenvalue weighted by Crippen LogP contribution is 2.67. The molecule has 10 nitrogen and oxygen atoms in total. The van der Waals surface area contributed by atoms with Crippen LogP contribution in [-0.4, -0.2) is 49.2 Å². The summed E-state index contributed by atoms with van der Waals surface area (Å²) >= 11 is 0. The molecular weight excluding hydrogens is 564 g/mol. The van der Waals surface area contributed by atoms with Crippen LogP contribution in [0.4, 0.5) is 11.4 Å². The molecule has 2 aliphatic heterocycles. The van der Waals surface area contributed by atoms with Gasteiger partial charge in [-0.15, -0.1) is 0 Å². The molecule has 10 heteroatoms. The lowest BCUT2D eigenvalue weighted by Crippen LogP contribution is -2.50. The van der Waals surface area contributed by atoms with Gasteiger partial charge in [0.1, 0.15) is 11.5 Å². The van der Waals surface area contributed by atoms with Crippen molar-refractivity contribution in [2.75, 3.05) is 24.9 Å². The van der Waals surface area contributed by atoms with E-state index in [4.69, 9.17) is 18.9 Å². The summed E-state index contributed by atoms with van der Waals surface area (Å²) in [6.45, 7) is 11.4. The first-order chi connectivity index (χ1) is 20.5. The summed E-state index contributed by atoms with van der Waals surface area (Å²) in [5.74, 6) is -0.560. The van der Waals surface area contributed by atoms with Gasteiger partial charge in [0.2, 0.25) is 0 Å². The fourth-order valence-corrected chi connectivity index (χ4v) is 7.89. The second-order valence-corrected chi connectivity index (χ2v) is 14.1. The van der Waals surface area contributed by atoms with Crippen molar-refractivity contribution < 1.29 is 38.1 Å². The molecule has 2 N–H and O–H groups in total. The smallest absolute Gasteiger partial charge is 0.313 e. The van der Waals surface area contributed by atoms with Crippen LogP contribution in [0, 0.1) is 21.7 Å². The zero-order valence-electron chi connectivity index (χ0n) is 26.6. The lowest BCUT2D eigenvalue weighted by Gasteiger charge is -2.35. The summed E-state index contributed by atoms with van der Waals surface area (Å²) in [5, 5.41) is 5.90. The Kier molecular flexibility index (Phi) is 6.28. The molecule has 4 atom stereocenters. The van der Waals surface area contributed by atoms with Crippen molar-refractivity contribution in [2.24, 2.45) is 21.7 Å². The summed E-state index contributed by atoms with van der Waals surface area (Å²) < 4.78 is 22.8. The van der Waals surface area contributed by atoms with Crippen LogP contribution in [0.3, 0.4) is 0 Å². The number of ether oxygens (including phenoxy) is 4. The van der Waals surface area contributed by atoms with E-state index in [0.29, 0.717) is 48.6 Å². The number of rotatable bonds is 7. The Morgan fingerprint density at radius 2 is 1.00 bits per heavy atom. The van der Waals surface area contributed by atoms with Crippen LogP contribution in [0.2, 0.25) is 0 Å². The quantitative estimate of drug-likeness (QED) is 0.397. The van der Waals surface area contributed by atoms with Crippen LogP contribution in [-0.2, 0) is 28.7 Å². The maximum Gasteiger partial charge on any atom is 0.313 e. The van der Waals surface area contributed by atoms with Crippen LogP contribution < -0.4 is 20.1 Å². The van der Waals surface area contributed by atoms with E-state index in [-0.39, 0.29) is 23.8 Å². The minimum Gasteiger partial charge on any atom is -0.495 e. The Morgan fingerprint density at radius 1 is 0.636 bits per heavy atom. The highest BCUT2D eigenvalue weighted by molar-refractivity contribution is 6.05. The number of fused-ring (bicyclic) bond motifs is 4. The first-order valence-corrected chi connectivity index (χ1v) is 15.0. The number of hydrogen-bond acceptors (Lipinski definition) is 8. The first-order valence-electron chi connectivity index (χ1n) is 15.0. The average Bonchev–Trinajstić information content (AvgIpc) is 3.45. The van der Waals surface area contributed by atoms with Gasteiger partial charge in [-0.05, 0) is 74.9 Å². The highest BCUT2D eigenvalue weighted by Gasteiger charge is 2.76. The molecule has 2 saturated carbocycles. The average molecular weight is 605 g/mol. The van der Waals surface area contributed by atoms with E-state index >= 15 is 0 Å². The van der Waals surface area contributed by atoms with E-state index < -0.39 is 32.9 Å². The van der Waals surface area contributed by atoms with Gasteiger partial charge in [-0.1, -0.05) is 39.8 Å². The number of hydrogen-bond donors (Lipinski definition) is 2. The fourth-order valence-electron chi connectivity index (χ4n) is 7.89. The van der Waals surface area contributed by atoms with Crippen molar-refractivity contribution >= 4 is 35.1 Å². The molecule has 4 bridgehead atoms. The molecule has 0 radical (unpaired) electrons. The molecular formula is C34H40N2O8. The van der Waals surface area contributed by atoms with E-state index in [1.54, 1.807) is 24.3 Å². The summed E-state index contributed by atoms with van der Waals surface area (Å²) in [7, 11) is 3.03. The van der Waals surface area contributed by atoms with E-state index in [0.717, 1.165) is 11.1 Å². The van der Waals surface area contributed by atoms with Crippen molar-refractivity contribution in [3.63, 3.8) is 0 Å². The minimum atomic E-state index is -1.25. The van der Waals surface area contributed by atoms with Gasteiger partial charge in [0.05, 0.1) is 36.4 Å².